The van der Waals surface area contributed by atoms with Gasteiger partial charge >= 0.3 is 36.4 Å². The standard InChI is InChI=1S/C48H62O15Si3/c1-8-33(9-2)27-64-39-21-15-36(16-22-39)42(49)58-61-45(52)55-30-48(14-7,31-56-46(53)62-59-43(50)37-17-23-40(24-18-37)65-28-34(10-3)11-4)32-57-47(54)63-60-44(51)38-19-25-41(26-20-38)66-29-35(12-5)13-6/h15-29H,8-14,30-32,64-66H2,1-7H3. The van der Waals surface area contributed by atoms with Crippen molar-refractivity contribution in [3.05, 3.63) is 123 Å². The van der Waals surface area contributed by atoms with Crippen molar-refractivity contribution >= 4 is 80.5 Å². The molecule has 0 radical (unpaired) electrons. The predicted octanol–water partition coefficient (Wildman–Crippen LogP) is 6.65. The molecule has 0 N–H and O–H groups in total. The van der Waals surface area contributed by atoms with Crippen LogP contribution in [0, 0.1) is 5.41 Å². The van der Waals surface area contributed by atoms with E-state index in [-0.39, 0.29) is 23.1 Å². The van der Waals surface area contributed by atoms with Crippen LogP contribution in [0.4, 0.5) is 14.4 Å². The highest BCUT2D eigenvalue weighted by molar-refractivity contribution is 6.59. The number of benzene rings is 3. The summed E-state index contributed by atoms with van der Waals surface area (Å²) in [4.78, 5) is 104. The lowest BCUT2D eigenvalue weighted by atomic mass is 9.88. The third kappa shape index (κ3) is 19.1. The fourth-order valence-electron chi connectivity index (χ4n) is 6.23. The SMILES string of the molecule is CCC(=C[SiH2]c1ccc(C(=O)OOC(=O)OCC(CC)(COC(=O)OOC(=O)c2ccc([SiH2]C=C(CC)CC)cc2)COC(=O)OOC(=O)c2ccc([SiH2]C=C(CC)CC)cc2)cc1)CC. The van der Waals surface area contributed by atoms with Crippen molar-refractivity contribution in [2.45, 2.75) is 93.4 Å². The first kappa shape index (κ1) is 54.1. The van der Waals surface area contributed by atoms with Crippen LogP contribution in [-0.2, 0) is 43.5 Å². The summed E-state index contributed by atoms with van der Waals surface area (Å²) in [5, 5.41) is 3.32. The number of allylic oxidation sites excluding steroid dienone is 3. The zero-order valence-corrected chi connectivity index (χ0v) is 43.2. The highest BCUT2D eigenvalue weighted by Gasteiger charge is 2.36. The van der Waals surface area contributed by atoms with Crippen molar-refractivity contribution in [2.24, 2.45) is 5.41 Å². The van der Waals surface area contributed by atoms with Crippen LogP contribution in [0.25, 0.3) is 0 Å². The molecule has 0 saturated heterocycles. The molecule has 356 valence electrons. The van der Waals surface area contributed by atoms with Gasteiger partial charge in [-0.2, -0.15) is 14.4 Å². The Labute approximate surface area is 393 Å². The highest BCUT2D eigenvalue weighted by atomic mass is 28.2. The van der Waals surface area contributed by atoms with E-state index < -0.39 is 90.2 Å². The Balaban J connectivity index is 1.61. The molecule has 3 rings (SSSR count). The molecule has 0 aliphatic heterocycles. The fraction of sp³-hybridized carbons (Fsp3) is 0.375. The maximum atomic E-state index is 12.6. The quantitative estimate of drug-likeness (QED) is 0.0342. The average molecular weight is 963 g/mol. The van der Waals surface area contributed by atoms with Gasteiger partial charge in [-0.3, -0.25) is 0 Å². The van der Waals surface area contributed by atoms with Gasteiger partial charge in [0.25, 0.3) is 0 Å². The summed E-state index contributed by atoms with van der Waals surface area (Å²) >= 11 is 0. The van der Waals surface area contributed by atoms with Gasteiger partial charge in [0.05, 0.1) is 50.7 Å². The van der Waals surface area contributed by atoms with Crippen LogP contribution >= 0.6 is 0 Å². The zero-order chi connectivity index (χ0) is 48.3. The minimum Gasteiger partial charge on any atom is -0.431 e. The molecule has 66 heavy (non-hydrogen) atoms. The number of hydrogen-bond acceptors (Lipinski definition) is 15. The van der Waals surface area contributed by atoms with E-state index in [9.17, 15) is 28.8 Å². The zero-order valence-electron chi connectivity index (χ0n) is 39.0. The highest BCUT2D eigenvalue weighted by Crippen LogP contribution is 2.25. The van der Waals surface area contributed by atoms with Crippen LogP contribution < -0.4 is 15.6 Å². The van der Waals surface area contributed by atoms with E-state index in [2.05, 4.69) is 73.3 Å². The summed E-state index contributed by atoms with van der Waals surface area (Å²) in [7, 11) is -2.04. The van der Waals surface area contributed by atoms with Gasteiger partial charge in [0.15, 0.2) is 0 Å². The molecular formula is C48H62O15Si3. The van der Waals surface area contributed by atoms with Crippen molar-refractivity contribution in [1.82, 2.24) is 0 Å². The largest absolute Gasteiger partial charge is 0.549 e. The van der Waals surface area contributed by atoms with Crippen LogP contribution in [-0.4, -0.2) is 84.8 Å². The lowest BCUT2D eigenvalue weighted by Gasteiger charge is -2.29. The Kier molecular flexibility index (Phi) is 24.0. The topological polar surface area (TPSA) is 185 Å². The predicted molar refractivity (Wildman–Crippen MR) is 256 cm³/mol. The number of ether oxygens (including phenoxy) is 3. The van der Waals surface area contributed by atoms with Crippen molar-refractivity contribution in [2.75, 3.05) is 19.8 Å². The molecule has 3 aromatic carbocycles. The number of hydrogen-bond donors (Lipinski definition) is 0. The lowest BCUT2D eigenvalue weighted by molar-refractivity contribution is -0.217. The summed E-state index contributed by atoms with van der Waals surface area (Å²) in [5.41, 5.74) is 9.84. The molecule has 0 aliphatic rings. The van der Waals surface area contributed by atoms with E-state index in [1.54, 1.807) is 43.3 Å². The molecule has 0 saturated carbocycles. The van der Waals surface area contributed by atoms with Gasteiger partial charge in [-0.15, -0.1) is 0 Å². The second-order valence-corrected chi connectivity index (χ2v) is 20.1. The van der Waals surface area contributed by atoms with Crippen LogP contribution in [0.2, 0.25) is 0 Å². The van der Waals surface area contributed by atoms with Crippen molar-refractivity contribution in [1.29, 1.82) is 0 Å². The fourth-order valence-corrected chi connectivity index (χ4v) is 11.1. The van der Waals surface area contributed by atoms with Crippen molar-refractivity contribution in [3.8, 4) is 0 Å². The summed E-state index contributed by atoms with van der Waals surface area (Å²) < 4.78 is 15.6. The molecule has 0 aromatic heterocycles. The Morgan fingerprint density at radius 1 is 0.394 bits per heavy atom. The summed E-state index contributed by atoms with van der Waals surface area (Å²) in [6, 6.07) is 20.3. The molecule has 18 heteroatoms. The molecule has 3 aromatic rings. The molecule has 0 unspecified atom stereocenters. The molecule has 0 aliphatic carbocycles. The molecule has 0 atom stereocenters. The first-order chi connectivity index (χ1) is 31.8. The monoisotopic (exact) mass is 962 g/mol. The van der Waals surface area contributed by atoms with E-state index in [4.69, 9.17) is 28.9 Å². The first-order valence-electron chi connectivity index (χ1n) is 22.3. The third-order valence-electron chi connectivity index (χ3n) is 11.0. The first-order valence-corrected chi connectivity index (χ1v) is 26.8. The van der Waals surface area contributed by atoms with Crippen molar-refractivity contribution < 1.29 is 72.3 Å². The molecule has 0 fully saturated rings. The molecular weight excluding hydrogens is 901 g/mol. The lowest BCUT2D eigenvalue weighted by Crippen LogP contribution is -2.39. The van der Waals surface area contributed by atoms with Gasteiger partial charge in [-0.25, -0.2) is 43.7 Å². The number of rotatable bonds is 22. The van der Waals surface area contributed by atoms with Gasteiger partial charge in [0, 0.05) is 0 Å². The van der Waals surface area contributed by atoms with E-state index in [0.717, 1.165) is 54.1 Å². The van der Waals surface area contributed by atoms with E-state index >= 15 is 0 Å². The normalized spacial score (nSPS) is 11.9. The smallest absolute Gasteiger partial charge is 0.431 e. The van der Waals surface area contributed by atoms with Crippen LogP contribution in [0.15, 0.2) is 107 Å². The van der Waals surface area contributed by atoms with Gasteiger partial charge in [0.2, 0.25) is 0 Å². The molecule has 0 heterocycles. The summed E-state index contributed by atoms with van der Waals surface area (Å²) in [5.74, 6) is -2.87. The van der Waals surface area contributed by atoms with E-state index in [0.29, 0.717) is 0 Å². The van der Waals surface area contributed by atoms with Gasteiger partial charge in [-0.1, -0.05) is 134 Å². The van der Waals surface area contributed by atoms with Crippen LogP contribution in [0.5, 0.6) is 0 Å². The van der Waals surface area contributed by atoms with Gasteiger partial charge in [-0.05, 0) is 81.3 Å². The maximum absolute atomic E-state index is 12.6. The Morgan fingerprint density at radius 2 is 0.636 bits per heavy atom. The Morgan fingerprint density at radius 3 is 0.848 bits per heavy atom. The van der Waals surface area contributed by atoms with Crippen molar-refractivity contribution in [3.63, 3.8) is 0 Å². The molecule has 15 nitrogen and oxygen atoms in total. The Hall–Kier alpha value is -6.25. The second-order valence-electron chi connectivity index (χ2n) is 15.2. The molecule has 0 amide bonds. The maximum Gasteiger partial charge on any atom is 0.549 e. The summed E-state index contributed by atoms with van der Waals surface area (Å²) in [6.07, 6.45) is 1.57. The van der Waals surface area contributed by atoms with Crippen LogP contribution in [0.3, 0.4) is 0 Å². The minimum absolute atomic E-state index is 0.00870. The van der Waals surface area contributed by atoms with Gasteiger partial charge < -0.3 is 14.2 Å². The third-order valence-corrected chi connectivity index (χ3v) is 16.1. The minimum atomic E-state index is -1.52. The molecule has 0 bridgehead atoms. The second kappa shape index (κ2) is 29.3. The average Bonchev–Trinajstić information content (AvgIpc) is 3.35. The Bertz CT molecular complexity index is 1890. The number of carbonyl (C=O) groups is 6. The van der Waals surface area contributed by atoms with E-state index in [1.807, 2.05) is 36.4 Å². The van der Waals surface area contributed by atoms with Crippen LogP contribution in [0.1, 0.15) is 124 Å². The number of carbonyl (C=O) groups excluding carboxylic acids is 6. The summed E-state index contributed by atoms with van der Waals surface area (Å²) in [6.45, 7) is 12.3. The van der Waals surface area contributed by atoms with Gasteiger partial charge in [0.1, 0.15) is 19.8 Å². The molecule has 0 spiro atoms. The van der Waals surface area contributed by atoms with E-state index in [1.165, 1.54) is 16.7 Å².